The molecule has 1 aliphatic rings. The first kappa shape index (κ1) is 18.0. The summed E-state index contributed by atoms with van der Waals surface area (Å²) < 4.78 is 23.5. The molecule has 1 unspecified atom stereocenters. The van der Waals surface area contributed by atoms with Gasteiger partial charge in [0, 0.05) is 18.5 Å². The molecule has 4 nitrogen and oxygen atoms in total. The molecule has 2 rings (SSSR count). The van der Waals surface area contributed by atoms with Crippen molar-refractivity contribution in [3.05, 3.63) is 35.4 Å². The minimum absolute atomic E-state index is 0.0278. The van der Waals surface area contributed by atoms with Gasteiger partial charge in [0.2, 0.25) is 5.91 Å². The average Bonchev–Trinajstić information content (AvgIpc) is 2.84. The molecule has 0 aromatic heterocycles. The molecule has 1 aromatic rings. The Morgan fingerprint density at radius 2 is 1.78 bits per heavy atom. The van der Waals surface area contributed by atoms with E-state index in [0.29, 0.717) is 18.9 Å². The van der Waals surface area contributed by atoms with Crippen molar-refractivity contribution in [1.82, 2.24) is 4.90 Å². The summed E-state index contributed by atoms with van der Waals surface area (Å²) in [5.41, 5.74) is 2.31. The zero-order valence-corrected chi connectivity index (χ0v) is 15.3. The van der Waals surface area contributed by atoms with Crippen molar-refractivity contribution >= 4 is 15.7 Å². The van der Waals surface area contributed by atoms with Crippen LogP contribution in [0, 0.1) is 5.92 Å². The van der Waals surface area contributed by atoms with Crippen molar-refractivity contribution in [1.29, 1.82) is 0 Å². The molecule has 1 amide bonds. The summed E-state index contributed by atoms with van der Waals surface area (Å²) in [5.74, 6) is 0.646. The maximum atomic E-state index is 12.6. The van der Waals surface area contributed by atoms with E-state index in [1.165, 1.54) is 5.56 Å². The van der Waals surface area contributed by atoms with Crippen LogP contribution in [0.15, 0.2) is 24.3 Å². The van der Waals surface area contributed by atoms with Gasteiger partial charge in [-0.15, -0.1) is 0 Å². The van der Waals surface area contributed by atoms with Gasteiger partial charge in [-0.05, 0) is 23.5 Å². The number of carbonyl (C=O) groups excluding carboxylic acids is 1. The van der Waals surface area contributed by atoms with E-state index in [4.69, 9.17) is 0 Å². The molecule has 0 saturated carbocycles. The van der Waals surface area contributed by atoms with Gasteiger partial charge in [-0.25, -0.2) is 8.42 Å². The predicted octanol–water partition coefficient (Wildman–Crippen LogP) is 2.98. The molecular formula is C18H27NO3S. The number of hydrogen-bond acceptors (Lipinski definition) is 3. The third-order valence-electron chi connectivity index (χ3n) is 4.43. The monoisotopic (exact) mass is 337 g/mol. The Bertz CT molecular complexity index is 647. The molecule has 23 heavy (non-hydrogen) atoms. The molecule has 128 valence electrons. The summed E-state index contributed by atoms with van der Waals surface area (Å²) in [7, 11) is -3.00. The first-order valence-electron chi connectivity index (χ1n) is 8.29. The Kier molecular flexibility index (Phi) is 5.50. The molecule has 1 atom stereocenters. The fourth-order valence-corrected chi connectivity index (χ4v) is 4.68. The van der Waals surface area contributed by atoms with Gasteiger partial charge in [-0.2, -0.15) is 0 Å². The summed E-state index contributed by atoms with van der Waals surface area (Å²) in [6.07, 6.45) is 0.546. The molecular weight excluding hydrogens is 310 g/mol. The van der Waals surface area contributed by atoms with Crippen LogP contribution in [0.5, 0.6) is 0 Å². The molecule has 1 heterocycles. The summed E-state index contributed by atoms with van der Waals surface area (Å²) in [5, 5.41) is 0. The van der Waals surface area contributed by atoms with E-state index in [9.17, 15) is 13.2 Å². The molecule has 0 radical (unpaired) electrons. The van der Waals surface area contributed by atoms with Gasteiger partial charge < -0.3 is 4.90 Å². The number of sulfone groups is 1. The number of amides is 1. The highest BCUT2D eigenvalue weighted by molar-refractivity contribution is 7.91. The van der Waals surface area contributed by atoms with E-state index in [1.807, 2.05) is 26.0 Å². The van der Waals surface area contributed by atoms with Crippen LogP contribution in [0.4, 0.5) is 0 Å². The average molecular weight is 337 g/mol. The van der Waals surface area contributed by atoms with Crippen LogP contribution in [0.25, 0.3) is 0 Å². The Balaban J connectivity index is 2.19. The summed E-state index contributed by atoms with van der Waals surface area (Å²) in [6, 6.07) is 8.06. The Hall–Kier alpha value is -1.36. The Morgan fingerprint density at radius 1 is 1.17 bits per heavy atom. The first-order valence-corrected chi connectivity index (χ1v) is 10.1. The van der Waals surface area contributed by atoms with E-state index >= 15 is 0 Å². The molecule has 0 bridgehead atoms. The molecule has 1 aliphatic heterocycles. The largest absolute Gasteiger partial charge is 0.334 e. The summed E-state index contributed by atoms with van der Waals surface area (Å²) in [4.78, 5) is 14.3. The second kappa shape index (κ2) is 7.04. The molecule has 0 aliphatic carbocycles. The zero-order valence-electron chi connectivity index (χ0n) is 14.5. The fourth-order valence-electron chi connectivity index (χ4n) is 2.94. The Morgan fingerprint density at radius 3 is 2.22 bits per heavy atom. The number of rotatable bonds is 5. The van der Waals surface area contributed by atoms with E-state index in [1.54, 1.807) is 4.90 Å². The van der Waals surface area contributed by atoms with Crippen molar-refractivity contribution in [3.8, 4) is 0 Å². The maximum Gasteiger partial charge on any atom is 0.225 e. The van der Waals surface area contributed by atoms with Gasteiger partial charge in [0.05, 0.1) is 11.5 Å². The van der Waals surface area contributed by atoms with Crippen LogP contribution in [0.2, 0.25) is 0 Å². The van der Waals surface area contributed by atoms with Gasteiger partial charge in [0.15, 0.2) is 9.84 Å². The normalized spacial score (nSPS) is 20.2. The molecule has 5 heteroatoms. The van der Waals surface area contributed by atoms with E-state index in [2.05, 4.69) is 26.0 Å². The second-order valence-corrected chi connectivity index (χ2v) is 9.30. The van der Waals surface area contributed by atoms with E-state index in [0.717, 1.165) is 5.56 Å². The smallest absolute Gasteiger partial charge is 0.225 e. The van der Waals surface area contributed by atoms with Gasteiger partial charge >= 0.3 is 0 Å². The lowest BCUT2D eigenvalue weighted by molar-refractivity contribution is -0.137. The van der Waals surface area contributed by atoms with Crippen LogP contribution in [-0.2, 0) is 21.2 Å². The highest BCUT2D eigenvalue weighted by Gasteiger charge is 2.35. The molecule has 0 spiro atoms. The fraction of sp³-hybridized carbons (Fsp3) is 0.611. The third kappa shape index (κ3) is 4.56. The van der Waals surface area contributed by atoms with E-state index < -0.39 is 9.84 Å². The Labute approximate surface area is 139 Å². The zero-order chi connectivity index (χ0) is 17.2. The predicted molar refractivity (Wildman–Crippen MR) is 93.0 cm³/mol. The highest BCUT2D eigenvalue weighted by Crippen LogP contribution is 2.23. The lowest BCUT2D eigenvalue weighted by Crippen LogP contribution is -2.42. The van der Waals surface area contributed by atoms with Crippen LogP contribution in [-0.4, -0.2) is 36.8 Å². The standard InChI is InChI=1S/C18H27NO3S/c1-13(2)16-7-5-15(6-8-16)11-19(18(20)14(3)4)17-9-10-23(21,22)12-17/h5-8,13-14,17H,9-12H2,1-4H3. The van der Waals surface area contributed by atoms with Crippen molar-refractivity contribution in [2.45, 2.75) is 52.6 Å². The molecule has 0 N–H and O–H groups in total. The summed E-state index contributed by atoms with van der Waals surface area (Å²) in [6.45, 7) is 8.50. The van der Waals surface area contributed by atoms with Gasteiger partial charge in [0.25, 0.3) is 0 Å². The van der Waals surface area contributed by atoms with Gasteiger partial charge in [0.1, 0.15) is 0 Å². The van der Waals surface area contributed by atoms with Crippen molar-refractivity contribution in [2.75, 3.05) is 11.5 Å². The summed E-state index contributed by atoms with van der Waals surface area (Å²) >= 11 is 0. The number of hydrogen-bond donors (Lipinski definition) is 0. The topological polar surface area (TPSA) is 54.5 Å². The van der Waals surface area contributed by atoms with Crippen LogP contribution in [0.3, 0.4) is 0 Å². The van der Waals surface area contributed by atoms with Crippen LogP contribution < -0.4 is 0 Å². The highest BCUT2D eigenvalue weighted by atomic mass is 32.2. The van der Waals surface area contributed by atoms with Crippen LogP contribution >= 0.6 is 0 Å². The number of nitrogens with zero attached hydrogens (tertiary/aromatic N) is 1. The van der Waals surface area contributed by atoms with Gasteiger partial charge in [-0.1, -0.05) is 52.0 Å². The molecule has 1 fully saturated rings. The van der Waals surface area contributed by atoms with Crippen LogP contribution in [0.1, 0.15) is 51.2 Å². The lowest BCUT2D eigenvalue weighted by atomic mass is 10.0. The molecule has 1 aromatic carbocycles. The minimum Gasteiger partial charge on any atom is -0.334 e. The van der Waals surface area contributed by atoms with E-state index in [-0.39, 0.29) is 29.4 Å². The number of benzene rings is 1. The SMILES string of the molecule is CC(C)C(=O)N(Cc1ccc(C(C)C)cc1)C1CCS(=O)(=O)C1. The number of carbonyl (C=O) groups is 1. The minimum atomic E-state index is -3.00. The van der Waals surface area contributed by atoms with Crippen molar-refractivity contribution in [3.63, 3.8) is 0 Å². The third-order valence-corrected chi connectivity index (χ3v) is 6.18. The molecule has 1 saturated heterocycles. The quantitative estimate of drug-likeness (QED) is 0.830. The first-order chi connectivity index (χ1) is 10.7. The van der Waals surface area contributed by atoms with Crippen molar-refractivity contribution in [2.24, 2.45) is 5.92 Å². The lowest BCUT2D eigenvalue weighted by Gasteiger charge is -2.30. The second-order valence-electron chi connectivity index (χ2n) is 7.07. The van der Waals surface area contributed by atoms with Gasteiger partial charge in [-0.3, -0.25) is 4.79 Å². The maximum absolute atomic E-state index is 12.6. The van der Waals surface area contributed by atoms with Crippen molar-refractivity contribution < 1.29 is 13.2 Å².